The average Bonchev–Trinajstić information content (AvgIpc) is 1.91. The zero-order chi connectivity index (χ0) is 5.28. The SMILES string of the molecule is CC1C=CCN1P. The van der Waals surface area contributed by atoms with Crippen molar-refractivity contribution >= 4 is 9.39 Å². The van der Waals surface area contributed by atoms with Crippen LogP contribution in [0.1, 0.15) is 6.92 Å². The molecule has 0 saturated carbocycles. The lowest BCUT2D eigenvalue weighted by Crippen LogP contribution is -2.14. The minimum Gasteiger partial charge on any atom is -0.277 e. The van der Waals surface area contributed by atoms with Gasteiger partial charge in [-0.1, -0.05) is 21.5 Å². The first-order chi connectivity index (χ1) is 3.30. The molecule has 0 radical (unpaired) electrons. The Morgan fingerprint density at radius 2 is 2.57 bits per heavy atom. The van der Waals surface area contributed by atoms with Crippen molar-refractivity contribution in [2.45, 2.75) is 13.0 Å². The van der Waals surface area contributed by atoms with Crippen LogP contribution in [0.4, 0.5) is 0 Å². The Hall–Kier alpha value is 0.130. The molecule has 0 bridgehead atoms. The maximum Gasteiger partial charge on any atom is 0.0285 e. The lowest BCUT2D eigenvalue weighted by Gasteiger charge is -2.11. The van der Waals surface area contributed by atoms with E-state index in [1.54, 1.807) is 0 Å². The summed E-state index contributed by atoms with van der Waals surface area (Å²) in [6.45, 7) is 3.27. The molecule has 0 fully saturated rings. The highest BCUT2D eigenvalue weighted by Crippen LogP contribution is 2.12. The first kappa shape index (κ1) is 5.27. The van der Waals surface area contributed by atoms with E-state index < -0.39 is 0 Å². The van der Waals surface area contributed by atoms with Crippen molar-refractivity contribution in [3.05, 3.63) is 12.2 Å². The lowest BCUT2D eigenvalue weighted by atomic mass is 10.4. The monoisotopic (exact) mass is 115 g/mol. The zero-order valence-electron chi connectivity index (χ0n) is 4.46. The Morgan fingerprint density at radius 1 is 1.86 bits per heavy atom. The van der Waals surface area contributed by atoms with Crippen LogP contribution in [-0.4, -0.2) is 17.3 Å². The van der Waals surface area contributed by atoms with Crippen LogP contribution in [0, 0.1) is 0 Å². The third-order valence-corrected chi connectivity index (χ3v) is 1.94. The van der Waals surface area contributed by atoms with E-state index in [9.17, 15) is 0 Å². The highest BCUT2D eigenvalue weighted by molar-refractivity contribution is 7.13. The molecule has 1 rings (SSSR count). The maximum absolute atomic E-state index is 2.68. The second-order valence-electron chi connectivity index (χ2n) is 1.87. The van der Waals surface area contributed by atoms with Gasteiger partial charge >= 0.3 is 0 Å². The molecule has 0 aromatic rings. The van der Waals surface area contributed by atoms with Gasteiger partial charge < -0.3 is 0 Å². The van der Waals surface area contributed by atoms with Crippen molar-refractivity contribution < 1.29 is 0 Å². The van der Waals surface area contributed by atoms with Crippen LogP contribution in [0.25, 0.3) is 0 Å². The predicted molar refractivity (Wildman–Crippen MR) is 35.0 cm³/mol. The van der Waals surface area contributed by atoms with Gasteiger partial charge in [0.15, 0.2) is 0 Å². The molecule has 7 heavy (non-hydrogen) atoms. The van der Waals surface area contributed by atoms with Crippen LogP contribution in [-0.2, 0) is 0 Å². The van der Waals surface area contributed by atoms with Gasteiger partial charge in [0.25, 0.3) is 0 Å². The summed E-state index contributed by atoms with van der Waals surface area (Å²) in [6.07, 6.45) is 4.38. The fourth-order valence-electron chi connectivity index (χ4n) is 0.656. The Bertz CT molecular complexity index is 90.1. The van der Waals surface area contributed by atoms with Crippen LogP contribution >= 0.6 is 9.39 Å². The third-order valence-electron chi connectivity index (χ3n) is 1.25. The zero-order valence-corrected chi connectivity index (χ0v) is 5.62. The van der Waals surface area contributed by atoms with Crippen molar-refractivity contribution in [1.29, 1.82) is 0 Å². The smallest absolute Gasteiger partial charge is 0.0285 e. The van der Waals surface area contributed by atoms with Crippen LogP contribution in [0.3, 0.4) is 0 Å². The van der Waals surface area contributed by atoms with Crippen LogP contribution in [0.2, 0.25) is 0 Å². The number of hydrogen-bond donors (Lipinski definition) is 0. The first-order valence-corrected chi connectivity index (χ1v) is 3.00. The summed E-state index contributed by atoms with van der Waals surface area (Å²) >= 11 is 0. The largest absolute Gasteiger partial charge is 0.277 e. The van der Waals surface area contributed by atoms with Gasteiger partial charge in [-0.3, -0.25) is 4.67 Å². The van der Waals surface area contributed by atoms with E-state index in [-0.39, 0.29) is 0 Å². The van der Waals surface area contributed by atoms with Crippen molar-refractivity contribution in [2.24, 2.45) is 0 Å². The van der Waals surface area contributed by atoms with E-state index in [0.717, 1.165) is 6.54 Å². The van der Waals surface area contributed by atoms with Gasteiger partial charge in [0.05, 0.1) is 0 Å². The first-order valence-electron chi connectivity index (χ1n) is 2.48. The molecule has 40 valence electrons. The average molecular weight is 115 g/mol. The van der Waals surface area contributed by atoms with Crippen molar-refractivity contribution in [1.82, 2.24) is 4.67 Å². The van der Waals surface area contributed by atoms with Gasteiger partial charge in [-0.05, 0) is 6.92 Å². The number of nitrogens with zero attached hydrogens (tertiary/aromatic N) is 1. The van der Waals surface area contributed by atoms with E-state index in [0.29, 0.717) is 6.04 Å². The second kappa shape index (κ2) is 1.94. The minimum absolute atomic E-state index is 0.630. The molecule has 0 N–H and O–H groups in total. The van der Waals surface area contributed by atoms with Crippen molar-refractivity contribution in [2.75, 3.05) is 6.54 Å². The summed E-state index contributed by atoms with van der Waals surface area (Å²) < 4.78 is 2.21. The fraction of sp³-hybridized carbons (Fsp3) is 0.600. The van der Waals surface area contributed by atoms with E-state index >= 15 is 0 Å². The molecule has 1 nitrogen and oxygen atoms in total. The molecule has 0 aromatic heterocycles. The maximum atomic E-state index is 2.68. The summed E-state index contributed by atoms with van der Waals surface area (Å²) in [5.41, 5.74) is 0. The van der Waals surface area contributed by atoms with Gasteiger partial charge in [-0.2, -0.15) is 0 Å². The minimum atomic E-state index is 0.630. The topological polar surface area (TPSA) is 3.24 Å². The molecular weight excluding hydrogens is 105 g/mol. The molecule has 2 heteroatoms. The molecule has 0 saturated heterocycles. The molecule has 1 heterocycles. The Balaban J connectivity index is 2.45. The van der Waals surface area contributed by atoms with Crippen LogP contribution in [0.15, 0.2) is 12.2 Å². The summed E-state index contributed by atoms with van der Waals surface area (Å²) in [4.78, 5) is 0. The van der Waals surface area contributed by atoms with E-state index in [1.165, 1.54) is 0 Å². The quantitative estimate of drug-likeness (QED) is 0.337. The molecule has 0 aromatic carbocycles. The second-order valence-corrected chi connectivity index (χ2v) is 2.53. The Kier molecular flexibility index (Phi) is 1.46. The third kappa shape index (κ3) is 1.02. The van der Waals surface area contributed by atoms with Gasteiger partial charge in [0.2, 0.25) is 0 Å². The molecule has 1 aliphatic rings. The molecule has 2 atom stereocenters. The lowest BCUT2D eigenvalue weighted by molar-refractivity contribution is 0.497. The van der Waals surface area contributed by atoms with Gasteiger partial charge in [0, 0.05) is 12.6 Å². The summed E-state index contributed by atoms with van der Waals surface area (Å²) in [6, 6.07) is 0.630. The fourth-order valence-corrected chi connectivity index (χ4v) is 0.877. The van der Waals surface area contributed by atoms with E-state index in [1.807, 2.05) is 0 Å². The summed E-state index contributed by atoms with van der Waals surface area (Å²) in [5.74, 6) is 0. The van der Waals surface area contributed by atoms with E-state index in [2.05, 4.69) is 33.1 Å². The summed E-state index contributed by atoms with van der Waals surface area (Å²) in [5, 5.41) is 0. The van der Waals surface area contributed by atoms with Crippen molar-refractivity contribution in [3.63, 3.8) is 0 Å². The number of rotatable bonds is 0. The number of hydrogen-bond acceptors (Lipinski definition) is 1. The summed E-state index contributed by atoms with van der Waals surface area (Å²) in [7, 11) is 2.68. The highest BCUT2D eigenvalue weighted by atomic mass is 31.0. The normalized spacial score (nSPS) is 32.0. The Morgan fingerprint density at radius 3 is 2.71 bits per heavy atom. The van der Waals surface area contributed by atoms with Gasteiger partial charge in [0.1, 0.15) is 0 Å². The van der Waals surface area contributed by atoms with Gasteiger partial charge in [-0.15, -0.1) is 0 Å². The highest BCUT2D eigenvalue weighted by Gasteiger charge is 2.07. The molecule has 0 amide bonds. The molecular formula is C5H10NP. The molecule has 0 aliphatic carbocycles. The van der Waals surface area contributed by atoms with Crippen LogP contribution < -0.4 is 0 Å². The van der Waals surface area contributed by atoms with E-state index in [4.69, 9.17) is 0 Å². The molecule has 1 aliphatic heterocycles. The van der Waals surface area contributed by atoms with Gasteiger partial charge in [-0.25, -0.2) is 0 Å². The molecule has 0 spiro atoms. The standard InChI is InChI=1S/C5H10NP/c1-5-3-2-4-6(5)7/h2-3,5H,4,7H2,1H3. The van der Waals surface area contributed by atoms with Crippen LogP contribution in [0.5, 0.6) is 0 Å². The predicted octanol–water partition coefficient (Wildman–Crippen LogP) is 1.04. The molecule has 2 unspecified atom stereocenters. The Labute approximate surface area is 46.6 Å². The van der Waals surface area contributed by atoms with Crippen molar-refractivity contribution in [3.8, 4) is 0 Å².